The van der Waals surface area contributed by atoms with Crippen LogP contribution in [0.25, 0.3) is 11.6 Å². The molecule has 0 spiro atoms. The molecule has 0 aliphatic heterocycles. The van der Waals surface area contributed by atoms with Gasteiger partial charge in [-0.05, 0) is 42.7 Å². The van der Waals surface area contributed by atoms with Crippen LogP contribution in [-0.2, 0) is 6.42 Å². The van der Waals surface area contributed by atoms with Gasteiger partial charge in [0.2, 0.25) is 0 Å². The van der Waals surface area contributed by atoms with Crippen LogP contribution in [0.4, 0.5) is 0 Å². The summed E-state index contributed by atoms with van der Waals surface area (Å²) >= 11 is 0. The van der Waals surface area contributed by atoms with Gasteiger partial charge in [0.1, 0.15) is 5.75 Å². The molecule has 0 unspecified atom stereocenters. The number of hydrogen-bond donors (Lipinski definition) is 1. The zero-order chi connectivity index (χ0) is 14.8. The minimum Gasteiger partial charge on any atom is -0.505 e. The fourth-order valence-corrected chi connectivity index (χ4v) is 2.08. The van der Waals surface area contributed by atoms with Gasteiger partial charge in [-0.2, -0.15) is 4.98 Å². The van der Waals surface area contributed by atoms with Crippen LogP contribution in [0.2, 0.25) is 0 Å². The van der Waals surface area contributed by atoms with Crippen molar-refractivity contribution in [3.05, 3.63) is 59.0 Å². The molecule has 106 valence electrons. The van der Waals surface area contributed by atoms with E-state index in [9.17, 15) is 5.11 Å². The highest BCUT2D eigenvalue weighted by atomic mass is 16.5. The molecule has 1 N–H and O–H groups in total. The molecule has 0 fully saturated rings. The quantitative estimate of drug-likeness (QED) is 0.798. The van der Waals surface area contributed by atoms with Crippen molar-refractivity contribution in [2.45, 2.75) is 20.3 Å². The highest BCUT2D eigenvalue weighted by Gasteiger charge is 2.14. The molecular formula is C16H15N3O2. The second-order valence-corrected chi connectivity index (χ2v) is 4.98. The molecule has 2 aromatic heterocycles. The van der Waals surface area contributed by atoms with Crippen LogP contribution in [0, 0.1) is 13.8 Å². The van der Waals surface area contributed by atoms with E-state index in [0.29, 0.717) is 17.9 Å². The van der Waals surface area contributed by atoms with E-state index >= 15 is 0 Å². The molecule has 2 heterocycles. The zero-order valence-corrected chi connectivity index (χ0v) is 11.9. The van der Waals surface area contributed by atoms with Gasteiger partial charge >= 0.3 is 0 Å². The van der Waals surface area contributed by atoms with Gasteiger partial charge in [-0.25, -0.2) is 4.98 Å². The van der Waals surface area contributed by atoms with E-state index in [1.165, 1.54) is 17.2 Å². The van der Waals surface area contributed by atoms with Crippen LogP contribution >= 0.6 is 0 Å². The van der Waals surface area contributed by atoms with Crippen molar-refractivity contribution in [1.29, 1.82) is 0 Å². The third kappa shape index (κ3) is 2.76. The van der Waals surface area contributed by atoms with Crippen LogP contribution in [0.15, 0.2) is 41.1 Å². The molecule has 3 aromatic rings. The third-order valence-electron chi connectivity index (χ3n) is 3.39. The Morgan fingerprint density at radius 2 is 2.00 bits per heavy atom. The third-order valence-corrected chi connectivity index (χ3v) is 3.39. The molecule has 5 nitrogen and oxygen atoms in total. The SMILES string of the molecule is Cc1ccc(Cc2noc(-c3ncccc3O)n2)cc1C. The Kier molecular flexibility index (Phi) is 3.39. The van der Waals surface area contributed by atoms with E-state index < -0.39 is 0 Å². The number of aryl methyl sites for hydroxylation is 2. The van der Waals surface area contributed by atoms with E-state index in [1.54, 1.807) is 12.3 Å². The Morgan fingerprint density at radius 1 is 1.14 bits per heavy atom. The van der Waals surface area contributed by atoms with Crippen molar-refractivity contribution in [1.82, 2.24) is 15.1 Å². The molecule has 0 aliphatic rings. The Bertz CT molecular complexity index is 781. The number of pyridine rings is 1. The van der Waals surface area contributed by atoms with Gasteiger partial charge in [-0.3, -0.25) is 0 Å². The van der Waals surface area contributed by atoms with E-state index in [1.807, 2.05) is 0 Å². The van der Waals surface area contributed by atoms with Gasteiger partial charge in [0.15, 0.2) is 11.5 Å². The van der Waals surface area contributed by atoms with Gasteiger partial charge in [-0.15, -0.1) is 0 Å². The summed E-state index contributed by atoms with van der Waals surface area (Å²) in [6.07, 6.45) is 2.15. The number of rotatable bonds is 3. The Balaban J connectivity index is 1.85. The fraction of sp³-hybridized carbons (Fsp3) is 0.188. The lowest BCUT2D eigenvalue weighted by Gasteiger charge is -2.02. The summed E-state index contributed by atoms with van der Waals surface area (Å²) in [5.74, 6) is 0.823. The summed E-state index contributed by atoms with van der Waals surface area (Å²) in [6, 6.07) is 9.43. The first-order chi connectivity index (χ1) is 10.1. The first kappa shape index (κ1) is 13.3. The fourth-order valence-electron chi connectivity index (χ4n) is 2.08. The second kappa shape index (κ2) is 5.36. The van der Waals surface area contributed by atoms with Gasteiger partial charge in [0.25, 0.3) is 5.89 Å². The highest BCUT2D eigenvalue weighted by Crippen LogP contribution is 2.24. The molecule has 0 radical (unpaired) electrons. The van der Waals surface area contributed by atoms with Crippen molar-refractivity contribution < 1.29 is 9.63 Å². The Hall–Kier alpha value is -2.69. The van der Waals surface area contributed by atoms with Crippen LogP contribution in [0.1, 0.15) is 22.5 Å². The first-order valence-corrected chi connectivity index (χ1v) is 6.66. The number of aromatic nitrogens is 3. The van der Waals surface area contributed by atoms with E-state index in [0.717, 1.165) is 5.56 Å². The van der Waals surface area contributed by atoms with E-state index in [-0.39, 0.29) is 11.6 Å². The van der Waals surface area contributed by atoms with Gasteiger partial charge in [-0.1, -0.05) is 23.4 Å². The van der Waals surface area contributed by atoms with Gasteiger partial charge in [0, 0.05) is 12.6 Å². The molecule has 5 heteroatoms. The largest absolute Gasteiger partial charge is 0.505 e. The maximum Gasteiger partial charge on any atom is 0.280 e. The van der Waals surface area contributed by atoms with Crippen molar-refractivity contribution in [3.63, 3.8) is 0 Å². The molecule has 1 aromatic carbocycles. The summed E-state index contributed by atoms with van der Waals surface area (Å²) in [5.41, 5.74) is 3.91. The standard InChI is InChI=1S/C16H15N3O2/c1-10-5-6-12(8-11(10)2)9-14-18-16(21-19-14)15-13(20)4-3-7-17-15/h3-8,20H,9H2,1-2H3. The smallest absolute Gasteiger partial charge is 0.280 e. The minimum atomic E-state index is 0.0267. The van der Waals surface area contributed by atoms with Crippen molar-refractivity contribution in [2.24, 2.45) is 0 Å². The lowest BCUT2D eigenvalue weighted by atomic mass is 10.0. The second-order valence-electron chi connectivity index (χ2n) is 4.98. The highest BCUT2D eigenvalue weighted by molar-refractivity contribution is 5.55. The van der Waals surface area contributed by atoms with Crippen LogP contribution in [0.3, 0.4) is 0 Å². The number of benzene rings is 1. The maximum absolute atomic E-state index is 9.74. The Morgan fingerprint density at radius 3 is 2.76 bits per heavy atom. The summed E-state index contributed by atoms with van der Waals surface area (Å²) in [6.45, 7) is 4.15. The van der Waals surface area contributed by atoms with Crippen LogP contribution < -0.4 is 0 Å². The van der Waals surface area contributed by atoms with E-state index in [4.69, 9.17) is 4.52 Å². The number of hydrogen-bond acceptors (Lipinski definition) is 5. The lowest BCUT2D eigenvalue weighted by molar-refractivity contribution is 0.416. The average molecular weight is 281 g/mol. The normalized spacial score (nSPS) is 10.8. The molecule has 0 amide bonds. The van der Waals surface area contributed by atoms with E-state index in [2.05, 4.69) is 47.2 Å². The van der Waals surface area contributed by atoms with Gasteiger partial charge in [0.05, 0.1) is 0 Å². The maximum atomic E-state index is 9.74. The van der Waals surface area contributed by atoms with Crippen LogP contribution in [-0.4, -0.2) is 20.2 Å². The summed E-state index contributed by atoms with van der Waals surface area (Å²) in [4.78, 5) is 8.34. The first-order valence-electron chi connectivity index (χ1n) is 6.66. The number of aromatic hydroxyl groups is 1. The van der Waals surface area contributed by atoms with Crippen molar-refractivity contribution in [2.75, 3.05) is 0 Å². The molecule has 0 aliphatic carbocycles. The molecule has 0 saturated heterocycles. The Labute approximate surface area is 122 Å². The molecule has 0 bridgehead atoms. The monoisotopic (exact) mass is 281 g/mol. The minimum absolute atomic E-state index is 0.0267. The predicted octanol–water partition coefficient (Wildman–Crippen LogP) is 3.04. The molecule has 0 saturated carbocycles. The van der Waals surface area contributed by atoms with Crippen LogP contribution in [0.5, 0.6) is 5.75 Å². The average Bonchev–Trinajstić information content (AvgIpc) is 2.92. The summed E-state index contributed by atoms with van der Waals surface area (Å²) < 4.78 is 5.17. The zero-order valence-electron chi connectivity index (χ0n) is 11.9. The van der Waals surface area contributed by atoms with Crippen molar-refractivity contribution in [3.8, 4) is 17.3 Å². The molecule has 21 heavy (non-hydrogen) atoms. The van der Waals surface area contributed by atoms with Crippen molar-refractivity contribution >= 4 is 0 Å². The molecule has 3 rings (SSSR count). The number of nitrogens with zero attached hydrogens (tertiary/aromatic N) is 3. The summed E-state index contributed by atoms with van der Waals surface area (Å²) in [7, 11) is 0. The topological polar surface area (TPSA) is 72.0 Å². The molecule has 0 atom stereocenters. The molecular weight excluding hydrogens is 266 g/mol. The summed E-state index contributed by atoms with van der Waals surface area (Å²) in [5, 5.41) is 13.7. The van der Waals surface area contributed by atoms with Gasteiger partial charge < -0.3 is 9.63 Å². The predicted molar refractivity (Wildman–Crippen MR) is 77.9 cm³/mol. The lowest BCUT2D eigenvalue weighted by Crippen LogP contribution is -1.93.